The monoisotopic (exact) mass is 317 g/mol. The molecule has 0 aliphatic carbocycles. The molecule has 1 aromatic carbocycles. The highest BCUT2D eigenvalue weighted by Crippen LogP contribution is 2.18. The van der Waals surface area contributed by atoms with Crippen LogP contribution in [0.25, 0.3) is 0 Å². The Labute approximate surface area is 134 Å². The molecule has 0 aliphatic heterocycles. The Kier molecular flexibility index (Phi) is 5.05. The zero-order chi connectivity index (χ0) is 17.0. The Morgan fingerprint density at radius 3 is 2.39 bits per heavy atom. The van der Waals surface area contributed by atoms with Crippen LogP contribution in [0.15, 0.2) is 34.7 Å². The minimum absolute atomic E-state index is 0.179. The normalized spacial score (nSPS) is 10.4. The van der Waals surface area contributed by atoms with E-state index in [0.29, 0.717) is 23.8 Å². The molecule has 0 saturated heterocycles. The van der Waals surface area contributed by atoms with Gasteiger partial charge in [-0.05, 0) is 37.6 Å². The Balaban J connectivity index is 1.99. The van der Waals surface area contributed by atoms with Crippen LogP contribution in [0.5, 0.6) is 5.75 Å². The summed E-state index contributed by atoms with van der Waals surface area (Å²) in [6.45, 7) is 3.68. The maximum atomic E-state index is 12.4. The average molecular weight is 317 g/mol. The number of furan rings is 1. The van der Waals surface area contributed by atoms with Crippen molar-refractivity contribution in [2.45, 2.75) is 20.4 Å². The number of benzene rings is 1. The molecule has 0 radical (unpaired) electrons. The molecule has 0 atom stereocenters. The molecular formula is C17H19NO5. The third-order valence-electron chi connectivity index (χ3n) is 3.29. The summed E-state index contributed by atoms with van der Waals surface area (Å²) >= 11 is 0. The lowest BCUT2D eigenvalue weighted by Crippen LogP contribution is -2.26. The number of hydrogen-bond acceptors (Lipinski definition) is 4. The molecule has 2 aromatic rings. The van der Waals surface area contributed by atoms with Crippen LogP contribution in [0, 0.1) is 13.8 Å². The van der Waals surface area contributed by atoms with E-state index in [9.17, 15) is 9.59 Å². The molecule has 23 heavy (non-hydrogen) atoms. The first kappa shape index (κ1) is 16.6. The quantitative estimate of drug-likeness (QED) is 0.886. The van der Waals surface area contributed by atoms with Crippen LogP contribution in [0.3, 0.4) is 0 Å². The molecule has 0 fully saturated rings. The predicted molar refractivity (Wildman–Crippen MR) is 83.6 cm³/mol. The first-order chi connectivity index (χ1) is 10.9. The molecule has 0 aliphatic rings. The van der Waals surface area contributed by atoms with Gasteiger partial charge in [0.15, 0.2) is 12.4 Å². The fraction of sp³-hybridized carbons (Fsp3) is 0.294. The maximum absolute atomic E-state index is 12.4. The fourth-order valence-electron chi connectivity index (χ4n) is 2.21. The van der Waals surface area contributed by atoms with Crippen molar-refractivity contribution >= 4 is 11.9 Å². The van der Waals surface area contributed by atoms with Crippen molar-refractivity contribution < 1.29 is 23.8 Å². The second-order valence-corrected chi connectivity index (χ2v) is 5.36. The number of amides is 1. The van der Waals surface area contributed by atoms with Gasteiger partial charge < -0.3 is 19.2 Å². The third kappa shape index (κ3) is 4.35. The summed E-state index contributed by atoms with van der Waals surface area (Å²) in [5.41, 5.74) is 1.72. The van der Waals surface area contributed by atoms with Gasteiger partial charge in [0.2, 0.25) is 0 Å². The zero-order valence-electron chi connectivity index (χ0n) is 13.3. The van der Waals surface area contributed by atoms with Gasteiger partial charge in [0.25, 0.3) is 5.91 Å². The van der Waals surface area contributed by atoms with Crippen LogP contribution >= 0.6 is 0 Å². The van der Waals surface area contributed by atoms with E-state index in [-0.39, 0.29) is 12.5 Å². The SMILES string of the molecule is Cc1cc(C)c(C(=O)N(C)Cc2ccc(OCC(=O)O)cc2)o1. The second-order valence-electron chi connectivity index (χ2n) is 5.36. The molecule has 6 heteroatoms. The number of aliphatic carboxylic acids is 1. The van der Waals surface area contributed by atoms with Crippen molar-refractivity contribution in [1.82, 2.24) is 4.90 Å². The van der Waals surface area contributed by atoms with E-state index in [2.05, 4.69) is 0 Å². The van der Waals surface area contributed by atoms with Gasteiger partial charge in [0.1, 0.15) is 11.5 Å². The Morgan fingerprint density at radius 1 is 1.22 bits per heavy atom. The topological polar surface area (TPSA) is 80.0 Å². The van der Waals surface area contributed by atoms with Gasteiger partial charge in [0.05, 0.1) is 0 Å². The minimum Gasteiger partial charge on any atom is -0.482 e. The van der Waals surface area contributed by atoms with E-state index in [1.54, 1.807) is 43.1 Å². The van der Waals surface area contributed by atoms with Gasteiger partial charge in [-0.15, -0.1) is 0 Å². The van der Waals surface area contributed by atoms with Crippen molar-refractivity contribution in [3.63, 3.8) is 0 Å². The number of hydrogen-bond donors (Lipinski definition) is 1. The lowest BCUT2D eigenvalue weighted by molar-refractivity contribution is -0.139. The maximum Gasteiger partial charge on any atom is 0.341 e. The van der Waals surface area contributed by atoms with E-state index in [1.807, 2.05) is 13.0 Å². The fourth-order valence-corrected chi connectivity index (χ4v) is 2.21. The largest absolute Gasteiger partial charge is 0.482 e. The molecule has 122 valence electrons. The molecule has 6 nitrogen and oxygen atoms in total. The van der Waals surface area contributed by atoms with Crippen molar-refractivity contribution in [1.29, 1.82) is 0 Å². The highest BCUT2D eigenvalue weighted by Gasteiger charge is 2.18. The molecule has 0 spiro atoms. The Morgan fingerprint density at radius 2 is 1.87 bits per heavy atom. The summed E-state index contributed by atoms with van der Waals surface area (Å²) < 4.78 is 10.5. The standard InChI is InChI=1S/C17H19NO5/c1-11-8-12(2)23-16(11)17(21)18(3)9-13-4-6-14(7-5-13)22-10-15(19)20/h4-8H,9-10H2,1-3H3,(H,19,20). The van der Waals surface area contributed by atoms with Gasteiger partial charge in [-0.3, -0.25) is 4.79 Å². The summed E-state index contributed by atoms with van der Waals surface area (Å²) in [5, 5.41) is 8.56. The van der Waals surface area contributed by atoms with E-state index in [4.69, 9.17) is 14.3 Å². The van der Waals surface area contributed by atoms with Crippen molar-refractivity contribution in [3.05, 3.63) is 53.0 Å². The van der Waals surface area contributed by atoms with Crippen LogP contribution < -0.4 is 4.74 Å². The van der Waals surface area contributed by atoms with Gasteiger partial charge in [-0.25, -0.2) is 4.79 Å². The predicted octanol–water partition coefficient (Wildman–Crippen LogP) is 2.63. The van der Waals surface area contributed by atoms with Crippen LogP contribution in [0.1, 0.15) is 27.4 Å². The lowest BCUT2D eigenvalue weighted by atomic mass is 10.2. The number of rotatable bonds is 6. The number of aryl methyl sites for hydroxylation is 2. The highest BCUT2D eigenvalue weighted by atomic mass is 16.5. The Hall–Kier alpha value is -2.76. The molecule has 0 saturated carbocycles. The van der Waals surface area contributed by atoms with Crippen LogP contribution in [0.2, 0.25) is 0 Å². The van der Waals surface area contributed by atoms with Gasteiger partial charge in [-0.2, -0.15) is 0 Å². The number of carbonyl (C=O) groups excluding carboxylic acids is 1. The first-order valence-corrected chi connectivity index (χ1v) is 7.13. The van der Waals surface area contributed by atoms with Gasteiger partial charge in [-0.1, -0.05) is 12.1 Å². The number of carboxylic acid groups (broad SMARTS) is 1. The summed E-state index contributed by atoms with van der Waals surface area (Å²) in [6, 6.07) is 8.77. The van der Waals surface area contributed by atoms with Crippen molar-refractivity contribution in [2.75, 3.05) is 13.7 Å². The molecular weight excluding hydrogens is 298 g/mol. The van der Waals surface area contributed by atoms with E-state index in [1.165, 1.54) is 0 Å². The van der Waals surface area contributed by atoms with Gasteiger partial charge in [0, 0.05) is 19.2 Å². The van der Waals surface area contributed by atoms with Gasteiger partial charge >= 0.3 is 5.97 Å². The molecule has 2 rings (SSSR count). The molecule has 0 bridgehead atoms. The molecule has 1 heterocycles. The molecule has 1 aromatic heterocycles. The number of ether oxygens (including phenoxy) is 1. The number of carbonyl (C=O) groups is 2. The minimum atomic E-state index is -1.02. The number of nitrogens with zero attached hydrogens (tertiary/aromatic N) is 1. The van der Waals surface area contributed by atoms with E-state index in [0.717, 1.165) is 11.1 Å². The third-order valence-corrected chi connectivity index (χ3v) is 3.29. The summed E-state index contributed by atoms with van der Waals surface area (Å²) in [7, 11) is 1.70. The summed E-state index contributed by atoms with van der Waals surface area (Å²) in [5.74, 6) is 0.332. The number of carboxylic acids is 1. The first-order valence-electron chi connectivity index (χ1n) is 7.13. The van der Waals surface area contributed by atoms with Crippen molar-refractivity contribution in [2.24, 2.45) is 0 Å². The Bertz CT molecular complexity index is 702. The van der Waals surface area contributed by atoms with Crippen LogP contribution in [0.4, 0.5) is 0 Å². The molecule has 1 N–H and O–H groups in total. The highest BCUT2D eigenvalue weighted by molar-refractivity contribution is 5.92. The summed E-state index contributed by atoms with van der Waals surface area (Å²) in [4.78, 5) is 24.4. The molecule has 0 unspecified atom stereocenters. The lowest BCUT2D eigenvalue weighted by Gasteiger charge is -2.16. The van der Waals surface area contributed by atoms with E-state index >= 15 is 0 Å². The smallest absolute Gasteiger partial charge is 0.341 e. The molecule has 1 amide bonds. The average Bonchev–Trinajstić information content (AvgIpc) is 2.84. The summed E-state index contributed by atoms with van der Waals surface area (Å²) in [6.07, 6.45) is 0. The van der Waals surface area contributed by atoms with Crippen LogP contribution in [-0.2, 0) is 11.3 Å². The zero-order valence-corrected chi connectivity index (χ0v) is 13.3. The van der Waals surface area contributed by atoms with E-state index < -0.39 is 5.97 Å². The second kappa shape index (κ2) is 7.00. The van der Waals surface area contributed by atoms with Crippen molar-refractivity contribution in [3.8, 4) is 5.75 Å². The van der Waals surface area contributed by atoms with Crippen LogP contribution in [-0.4, -0.2) is 35.5 Å².